The number of aromatic nitrogens is 9. The van der Waals surface area contributed by atoms with Gasteiger partial charge in [0.05, 0.1) is 66.9 Å². The minimum atomic E-state index is 0.643. The summed E-state index contributed by atoms with van der Waals surface area (Å²) in [4.78, 5) is 25.0. The Kier molecular flexibility index (Phi) is 14.7. The van der Waals surface area contributed by atoms with E-state index in [1.54, 1.807) is 0 Å². The van der Waals surface area contributed by atoms with Crippen LogP contribution in [0.15, 0.2) is 382 Å². The zero-order valence-corrected chi connectivity index (χ0v) is 58.4. The van der Waals surface area contributed by atoms with Crippen LogP contribution >= 0.6 is 0 Å². The van der Waals surface area contributed by atoms with Crippen LogP contribution in [0.4, 0.5) is 0 Å². The summed E-state index contributed by atoms with van der Waals surface area (Å²) in [6, 6.07) is 135. The first-order valence-corrected chi connectivity index (χ1v) is 36.6. The van der Waals surface area contributed by atoms with E-state index in [0.29, 0.717) is 23.3 Å². The van der Waals surface area contributed by atoms with E-state index < -0.39 is 0 Å². The quantitative estimate of drug-likeness (QED) is 0.136. The molecular weight excluding hydrogens is 1320 g/mol. The Morgan fingerprint density at radius 3 is 0.861 bits per heavy atom. The minimum Gasteiger partial charge on any atom is -0.309 e. The maximum atomic E-state index is 5.12. The summed E-state index contributed by atoms with van der Waals surface area (Å²) in [5, 5.41) is 14.6. The van der Waals surface area contributed by atoms with Gasteiger partial charge in [-0.2, -0.15) is 0 Å². The monoisotopic (exact) mass is 1380 g/mol. The molecule has 16 aromatic carbocycles. The van der Waals surface area contributed by atoms with Crippen molar-refractivity contribution >= 4 is 109 Å². The first kappa shape index (κ1) is 61.9. The van der Waals surface area contributed by atoms with Crippen LogP contribution in [0.1, 0.15) is 0 Å². The van der Waals surface area contributed by atoms with E-state index >= 15 is 0 Å². The number of rotatable bonds is 10. The van der Waals surface area contributed by atoms with Gasteiger partial charge in [-0.1, -0.05) is 279 Å². The van der Waals surface area contributed by atoms with Crippen LogP contribution in [0.5, 0.6) is 0 Å². The molecule has 0 saturated heterocycles. The summed E-state index contributed by atoms with van der Waals surface area (Å²) in [7, 11) is 0. The van der Waals surface area contributed by atoms with Gasteiger partial charge in [0.1, 0.15) is 0 Å². The largest absolute Gasteiger partial charge is 0.309 e. The molecule has 108 heavy (non-hydrogen) atoms. The van der Waals surface area contributed by atoms with Crippen molar-refractivity contribution in [1.29, 1.82) is 0 Å². The van der Waals surface area contributed by atoms with Gasteiger partial charge in [0, 0.05) is 98.6 Å². The molecule has 0 saturated carbocycles. The number of benzene rings is 16. The highest BCUT2D eigenvalue weighted by Gasteiger charge is 2.25. The highest BCUT2D eigenvalue weighted by molar-refractivity contribution is 6.31. The normalized spacial score (nSPS) is 11.7. The zero-order valence-electron chi connectivity index (χ0n) is 58.4. The lowest BCUT2D eigenvalue weighted by Gasteiger charge is -2.14. The van der Waals surface area contributed by atoms with Gasteiger partial charge in [-0.05, 0) is 114 Å². The molecule has 0 amide bonds. The predicted molar refractivity (Wildman–Crippen MR) is 447 cm³/mol. The number of fused-ring (bicyclic) bond motifs is 16. The van der Waals surface area contributed by atoms with Gasteiger partial charge in [0.15, 0.2) is 23.3 Å². The average Bonchev–Trinajstić information content (AvgIpc) is 1.55. The minimum absolute atomic E-state index is 0.643. The lowest BCUT2D eigenvalue weighted by atomic mass is 10.0. The van der Waals surface area contributed by atoms with E-state index in [2.05, 4.69) is 316 Å². The molecule has 0 N–H and O–H groups in total. The molecule has 9 nitrogen and oxygen atoms in total. The fourth-order valence-electron chi connectivity index (χ4n) is 16.5. The van der Waals surface area contributed by atoms with Crippen LogP contribution in [0.25, 0.3) is 200 Å². The van der Waals surface area contributed by atoms with E-state index in [-0.39, 0.29) is 0 Å². The lowest BCUT2D eigenvalue weighted by Crippen LogP contribution is -2.00. The van der Waals surface area contributed by atoms with E-state index in [0.717, 1.165) is 83.7 Å². The van der Waals surface area contributed by atoms with Gasteiger partial charge in [-0.3, -0.25) is 0 Å². The Balaban J connectivity index is 0.000000138. The second kappa shape index (κ2) is 25.6. The van der Waals surface area contributed by atoms with Crippen molar-refractivity contribution < 1.29 is 0 Å². The molecule has 0 radical (unpaired) electrons. The second-order valence-corrected chi connectivity index (χ2v) is 27.4. The van der Waals surface area contributed by atoms with E-state index in [1.807, 2.05) is 84.9 Å². The van der Waals surface area contributed by atoms with Crippen LogP contribution in [-0.4, -0.2) is 43.2 Å². The molecule has 0 bridgehead atoms. The molecule has 9 heteroatoms. The van der Waals surface area contributed by atoms with Crippen molar-refractivity contribution in [2.75, 3.05) is 0 Å². The SMILES string of the molecule is c1ccc(-c2cc(-c3ccc4c(-n5c6ccccc6c6c7c8ccccc8n(-c8ccccc8)c7ccc65)cccc4c3)nc(-c3ccccc3)n2)cc1.c1ccc(-c2nc(-c3ccccc3)nc(-c3ccc4c(-n5c6ccccc6c6c7c8ccccc8n(-c8ccccc8)c7ccc65)cccc4c3)n2)cc1. The second-order valence-electron chi connectivity index (χ2n) is 27.4. The molecule has 0 aliphatic heterocycles. The molecule has 22 rings (SSSR count). The number of hydrogen-bond donors (Lipinski definition) is 0. The van der Waals surface area contributed by atoms with Crippen LogP contribution in [-0.2, 0) is 0 Å². The number of para-hydroxylation sites is 6. The average molecular weight is 1380 g/mol. The molecule has 0 spiro atoms. The first-order chi connectivity index (χ1) is 53.6. The molecule has 0 aliphatic carbocycles. The van der Waals surface area contributed by atoms with Gasteiger partial charge in [0.25, 0.3) is 0 Å². The van der Waals surface area contributed by atoms with Crippen molar-refractivity contribution in [1.82, 2.24) is 43.2 Å². The Hall–Kier alpha value is -14.7. The summed E-state index contributed by atoms with van der Waals surface area (Å²) >= 11 is 0. The molecular formula is C99H63N9. The van der Waals surface area contributed by atoms with Gasteiger partial charge < -0.3 is 18.3 Å². The van der Waals surface area contributed by atoms with Crippen molar-refractivity contribution in [2.24, 2.45) is 0 Å². The van der Waals surface area contributed by atoms with Gasteiger partial charge >= 0.3 is 0 Å². The highest BCUT2D eigenvalue weighted by Crippen LogP contribution is 2.46. The third-order valence-electron chi connectivity index (χ3n) is 21.2. The molecule has 6 heterocycles. The Labute approximate surface area is 621 Å². The van der Waals surface area contributed by atoms with Crippen molar-refractivity contribution in [3.63, 3.8) is 0 Å². The van der Waals surface area contributed by atoms with Crippen molar-refractivity contribution in [3.05, 3.63) is 382 Å². The molecule has 0 fully saturated rings. The molecule has 0 unspecified atom stereocenters. The van der Waals surface area contributed by atoms with Crippen LogP contribution < -0.4 is 0 Å². The maximum Gasteiger partial charge on any atom is 0.164 e. The fraction of sp³-hybridized carbons (Fsp3) is 0. The van der Waals surface area contributed by atoms with E-state index in [4.69, 9.17) is 24.9 Å². The summed E-state index contributed by atoms with van der Waals surface area (Å²) < 4.78 is 9.68. The maximum absolute atomic E-state index is 5.12. The van der Waals surface area contributed by atoms with E-state index in [1.165, 1.54) is 92.6 Å². The molecule has 0 atom stereocenters. The molecule has 504 valence electrons. The van der Waals surface area contributed by atoms with Crippen molar-refractivity contribution in [3.8, 4) is 90.8 Å². The first-order valence-electron chi connectivity index (χ1n) is 36.6. The van der Waals surface area contributed by atoms with Crippen LogP contribution in [0.2, 0.25) is 0 Å². The molecule has 0 aliphatic rings. The Morgan fingerprint density at radius 2 is 0.463 bits per heavy atom. The van der Waals surface area contributed by atoms with Crippen molar-refractivity contribution in [2.45, 2.75) is 0 Å². The summed E-state index contributed by atoms with van der Waals surface area (Å²) in [6.07, 6.45) is 0. The third-order valence-corrected chi connectivity index (χ3v) is 21.2. The third kappa shape index (κ3) is 10.3. The Bertz CT molecular complexity index is 6720. The fourth-order valence-corrected chi connectivity index (χ4v) is 16.5. The summed E-state index contributed by atoms with van der Waals surface area (Å²) in [5.41, 5.74) is 21.9. The van der Waals surface area contributed by atoms with Gasteiger partial charge in [-0.15, -0.1) is 0 Å². The van der Waals surface area contributed by atoms with Gasteiger partial charge in [-0.25, -0.2) is 24.9 Å². The standard InChI is InChI=1S/C50H32N4.C49H31N5/c1-4-15-33(16-5-1)41-32-42(52-50(51-41)34-17-6-2-7-18-34)36-27-28-38-35(31-36)19-14-26-43(38)54-45-25-13-11-23-40(45)49-47(54)30-29-46-48(49)39-22-10-12-24-44(39)53(46)37-20-8-3-9-21-37;1-4-15-32(16-5-1)47-50-48(33-17-6-2-7-18-33)52-49(51-47)35-27-28-37-34(31-35)19-14-26-40(37)54-42-25-13-11-23-39(42)46-44(54)30-29-43-45(46)38-22-10-12-24-41(38)53(43)36-20-8-3-9-21-36/h1-32H;1-31H. The van der Waals surface area contributed by atoms with Crippen LogP contribution in [0, 0.1) is 0 Å². The smallest absolute Gasteiger partial charge is 0.164 e. The topological polar surface area (TPSA) is 84.2 Å². The predicted octanol–water partition coefficient (Wildman–Crippen LogP) is 25.0. The molecule has 22 aromatic rings. The van der Waals surface area contributed by atoms with Crippen LogP contribution in [0.3, 0.4) is 0 Å². The zero-order chi connectivity index (χ0) is 71.2. The number of hydrogen-bond acceptors (Lipinski definition) is 5. The molecule has 6 aromatic heterocycles. The summed E-state index contributed by atoms with van der Waals surface area (Å²) in [5.74, 6) is 2.66. The summed E-state index contributed by atoms with van der Waals surface area (Å²) in [6.45, 7) is 0. The number of nitrogens with zero attached hydrogens (tertiary/aromatic N) is 9. The van der Waals surface area contributed by atoms with E-state index in [9.17, 15) is 0 Å². The van der Waals surface area contributed by atoms with Gasteiger partial charge in [0.2, 0.25) is 0 Å². The highest BCUT2D eigenvalue weighted by atomic mass is 15.0. The Morgan fingerprint density at radius 1 is 0.167 bits per heavy atom. The lowest BCUT2D eigenvalue weighted by molar-refractivity contribution is 1.07.